The molecule has 0 rings (SSSR count). The van der Waals surface area contributed by atoms with Crippen LogP contribution in [0.5, 0.6) is 0 Å². The second-order valence-corrected chi connectivity index (χ2v) is 26.0. The highest BCUT2D eigenvalue weighted by Gasteiger charge is 2.20. The lowest BCUT2D eigenvalue weighted by Crippen LogP contribution is -2.45. The normalized spacial score (nSPS) is 12.6. The van der Waals surface area contributed by atoms with E-state index in [4.69, 9.17) is 4.74 Å². The van der Waals surface area contributed by atoms with Crippen LogP contribution < -0.4 is 5.32 Å². The number of hydrogen-bond donors (Lipinski definition) is 3. The zero-order valence-electron chi connectivity index (χ0n) is 55.8. The number of rotatable bonds is 71. The molecule has 0 aromatic heterocycles. The number of aliphatic hydroxyl groups is 2. The van der Waals surface area contributed by atoms with Gasteiger partial charge in [-0.2, -0.15) is 0 Å². The monoisotopic (exact) mass is 1150 g/mol. The van der Waals surface area contributed by atoms with E-state index in [1.54, 1.807) is 0 Å². The summed E-state index contributed by atoms with van der Waals surface area (Å²) in [5.41, 5.74) is 0. The van der Waals surface area contributed by atoms with Crippen LogP contribution in [-0.2, 0) is 14.3 Å². The lowest BCUT2D eigenvalue weighted by molar-refractivity contribution is -0.143. The first-order chi connectivity index (χ1) is 40.5. The molecule has 0 saturated heterocycles. The second-order valence-electron chi connectivity index (χ2n) is 26.0. The second kappa shape index (κ2) is 71.8. The Kier molecular flexibility index (Phi) is 70.4. The molecule has 6 heteroatoms. The number of hydrogen-bond acceptors (Lipinski definition) is 5. The highest BCUT2D eigenvalue weighted by Crippen LogP contribution is 2.19. The number of nitrogens with one attached hydrogen (secondary N) is 1. The Balaban J connectivity index is 3.37. The number of carbonyl (C=O) groups is 2. The topological polar surface area (TPSA) is 95.9 Å². The maximum Gasteiger partial charge on any atom is 0.305 e. The van der Waals surface area contributed by atoms with Crippen LogP contribution in [0.2, 0.25) is 0 Å². The Morgan fingerprint density at radius 3 is 0.866 bits per heavy atom. The van der Waals surface area contributed by atoms with Crippen LogP contribution in [0.15, 0.2) is 24.3 Å². The summed E-state index contributed by atoms with van der Waals surface area (Å²) < 4.78 is 5.49. The molecular weight excluding hydrogens is 1010 g/mol. The Morgan fingerprint density at radius 2 is 0.573 bits per heavy atom. The number of aliphatic hydroxyl groups excluding tert-OH is 2. The van der Waals surface area contributed by atoms with Crippen molar-refractivity contribution < 1.29 is 24.5 Å². The fraction of sp³-hybridized carbons (Fsp3) is 0.921. The maximum atomic E-state index is 12.6. The molecule has 0 aromatic rings. The molecule has 2 atom stereocenters. The van der Waals surface area contributed by atoms with Crippen molar-refractivity contribution in [2.45, 2.75) is 437 Å². The van der Waals surface area contributed by atoms with Crippen molar-refractivity contribution in [2.75, 3.05) is 13.2 Å². The molecule has 0 radical (unpaired) electrons. The van der Waals surface area contributed by atoms with Gasteiger partial charge in [0.05, 0.1) is 25.4 Å². The molecule has 0 aliphatic heterocycles. The van der Waals surface area contributed by atoms with E-state index in [2.05, 4.69) is 43.5 Å². The first-order valence-electron chi connectivity index (χ1n) is 37.6. The third-order valence-electron chi connectivity index (χ3n) is 17.7. The van der Waals surface area contributed by atoms with Gasteiger partial charge in [0.2, 0.25) is 5.91 Å². The van der Waals surface area contributed by atoms with Crippen molar-refractivity contribution in [3.63, 3.8) is 0 Å². The minimum Gasteiger partial charge on any atom is -0.466 e. The van der Waals surface area contributed by atoms with E-state index in [1.165, 1.54) is 347 Å². The molecule has 1 amide bonds. The maximum absolute atomic E-state index is 12.6. The summed E-state index contributed by atoms with van der Waals surface area (Å²) in [6.45, 7) is 4.98. The zero-order valence-corrected chi connectivity index (χ0v) is 55.8. The van der Waals surface area contributed by atoms with Gasteiger partial charge in [0.25, 0.3) is 0 Å². The van der Waals surface area contributed by atoms with Gasteiger partial charge in [-0.25, -0.2) is 0 Å². The predicted molar refractivity (Wildman–Crippen MR) is 361 cm³/mol. The lowest BCUT2D eigenvalue weighted by Gasteiger charge is -2.22. The van der Waals surface area contributed by atoms with Gasteiger partial charge in [0.1, 0.15) is 0 Å². The van der Waals surface area contributed by atoms with Crippen LogP contribution in [0.4, 0.5) is 0 Å². The smallest absolute Gasteiger partial charge is 0.305 e. The molecular formula is C76H147NO5. The van der Waals surface area contributed by atoms with Gasteiger partial charge in [0.15, 0.2) is 0 Å². The molecule has 0 heterocycles. The summed E-state index contributed by atoms with van der Waals surface area (Å²) in [5, 5.41) is 23.4. The number of esters is 1. The molecule has 0 aliphatic carbocycles. The fourth-order valence-corrected chi connectivity index (χ4v) is 12.0. The third-order valence-corrected chi connectivity index (χ3v) is 17.7. The van der Waals surface area contributed by atoms with Gasteiger partial charge in [0, 0.05) is 12.8 Å². The SMILES string of the molecule is CCCCCCC/C=C\CCCCCCCC(=O)OCCCCCCCCCCCCCC/C=C\CCCCCCCCCCCCCCCC(=O)NC(CO)C(O)CCCCCCCCCCCCCCCCCCCCCCCC. The first-order valence-corrected chi connectivity index (χ1v) is 37.6. The molecule has 0 spiro atoms. The van der Waals surface area contributed by atoms with Crippen LogP contribution in [0.1, 0.15) is 425 Å². The van der Waals surface area contributed by atoms with Gasteiger partial charge in [-0.15, -0.1) is 0 Å². The summed E-state index contributed by atoms with van der Waals surface area (Å²) in [7, 11) is 0. The van der Waals surface area contributed by atoms with Gasteiger partial charge in [-0.1, -0.05) is 359 Å². The van der Waals surface area contributed by atoms with Crippen molar-refractivity contribution >= 4 is 11.9 Å². The summed E-state index contributed by atoms with van der Waals surface area (Å²) in [5.74, 6) is -0.0203. The Morgan fingerprint density at radius 1 is 0.329 bits per heavy atom. The van der Waals surface area contributed by atoms with Crippen LogP contribution >= 0.6 is 0 Å². The highest BCUT2D eigenvalue weighted by atomic mass is 16.5. The van der Waals surface area contributed by atoms with Gasteiger partial charge >= 0.3 is 5.97 Å². The lowest BCUT2D eigenvalue weighted by atomic mass is 10.0. The van der Waals surface area contributed by atoms with E-state index in [0.717, 1.165) is 44.9 Å². The van der Waals surface area contributed by atoms with Crippen molar-refractivity contribution in [3.05, 3.63) is 24.3 Å². The molecule has 0 bridgehead atoms. The quantitative estimate of drug-likeness (QED) is 0.0320. The molecule has 3 N–H and O–H groups in total. The molecule has 0 aromatic carbocycles. The molecule has 486 valence electrons. The average molecular weight is 1160 g/mol. The van der Waals surface area contributed by atoms with Crippen molar-refractivity contribution in [1.29, 1.82) is 0 Å². The minimum atomic E-state index is -0.665. The first kappa shape index (κ1) is 80.3. The van der Waals surface area contributed by atoms with Gasteiger partial charge in [-0.05, 0) is 77.0 Å². The van der Waals surface area contributed by atoms with E-state index >= 15 is 0 Å². The largest absolute Gasteiger partial charge is 0.466 e. The summed E-state index contributed by atoms with van der Waals surface area (Å²) >= 11 is 0. The highest BCUT2D eigenvalue weighted by molar-refractivity contribution is 5.76. The summed E-state index contributed by atoms with van der Waals surface area (Å²) in [6.07, 6.45) is 91.0. The van der Waals surface area contributed by atoms with Gasteiger partial charge < -0.3 is 20.3 Å². The minimum absolute atomic E-state index is 0.00883. The van der Waals surface area contributed by atoms with E-state index in [9.17, 15) is 19.8 Å². The van der Waals surface area contributed by atoms with Crippen LogP contribution in [0.3, 0.4) is 0 Å². The van der Waals surface area contributed by atoms with Crippen LogP contribution in [0.25, 0.3) is 0 Å². The number of allylic oxidation sites excluding steroid dienone is 4. The third kappa shape index (κ3) is 67.5. The Bertz CT molecular complexity index is 1280. The van der Waals surface area contributed by atoms with E-state index < -0.39 is 12.1 Å². The number of ether oxygens (including phenoxy) is 1. The van der Waals surface area contributed by atoms with Crippen molar-refractivity contribution in [1.82, 2.24) is 5.32 Å². The average Bonchev–Trinajstić information content (AvgIpc) is 3.48. The van der Waals surface area contributed by atoms with Crippen LogP contribution in [0, 0.1) is 0 Å². The molecule has 0 fully saturated rings. The van der Waals surface area contributed by atoms with E-state index in [1.807, 2.05) is 0 Å². The molecule has 6 nitrogen and oxygen atoms in total. The number of carbonyl (C=O) groups excluding carboxylic acids is 2. The predicted octanol–water partition coefficient (Wildman–Crippen LogP) is 24.5. The van der Waals surface area contributed by atoms with Crippen molar-refractivity contribution in [3.8, 4) is 0 Å². The van der Waals surface area contributed by atoms with E-state index in [0.29, 0.717) is 25.9 Å². The zero-order chi connectivity index (χ0) is 59.2. The van der Waals surface area contributed by atoms with E-state index in [-0.39, 0.29) is 18.5 Å². The van der Waals surface area contributed by atoms with Crippen LogP contribution in [-0.4, -0.2) is 47.4 Å². The Hall–Kier alpha value is -1.66. The molecule has 0 saturated carbocycles. The Labute approximate surface area is 513 Å². The molecule has 0 aliphatic rings. The fourth-order valence-electron chi connectivity index (χ4n) is 12.0. The summed E-state index contributed by atoms with van der Waals surface area (Å²) in [6, 6.07) is -0.542. The van der Waals surface area contributed by atoms with Crippen molar-refractivity contribution in [2.24, 2.45) is 0 Å². The molecule has 82 heavy (non-hydrogen) atoms. The van der Waals surface area contributed by atoms with Gasteiger partial charge in [-0.3, -0.25) is 9.59 Å². The molecule has 2 unspecified atom stereocenters. The number of amides is 1. The summed E-state index contributed by atoms with van der Waals surface area (Å²) in [4.78, 5) is 24.6. The standard InChI is InChI=1S/C76H147NO5/c1-3-5-7-9-11-13-15-17-19-20-21-22-32-35-38-41-44-48-52-56-60-64-68-74(79)73(72-78)77-75(80)69-65-61-57-53-49-45-42-39-36-33-30-28-26-24-23-25-27-29-31-34-37-40-43-47-51-55-59-63-67-71-82-76(81)70-66-62-58-54-50-46-18-16-14-12-10-8-6-4-2/h16,18,23,25,73-74,78-79H,3-15,17,19-22,24,26-72H2,1-2H3,(H,77,80)/b18-16-,25-23-. The number of unbranched alkanes of at least 4 members (excludes halogenated alkanes) is 56.